The Morgan fingerprint density at radius 1 is 1.08 bits per heavy atom. The van der Waals surface area contributed by atoms with Crippen molar-refractivity contribution in [1.82, 2.24) is 4.90 Å². The van der Waals surface area contributed by atoms with E-state index in [2.05, 4.69) is 41.3 Å². The van der Waals surface area contributed by atoms with E-state index in [9.17, 15) is 0 Å². The first-order valence-electron chi connectivity index (χ1n) is 9.32. The lowest BCUT2D eigenvalue weighted by molar-refractivity contribution is 0.142. The highest BCUT2D eigenvalue weighted by atomic mass is 35.5. The van der Waals surface area contributed by atoms with E-state index < -0.39 is 0 Å². The minimum atomic E-state index is 0.397. The molecule has 1 saturated heterocycles. The number of nitrogens with zero attached hydrogens (tertiary/aromatic N) is 1. The van der Waals surface area contributed by atoms with Crippen LogP contribution in [0.5, 0.6) is 5.75 Å². The molecule has 2 unspecified atom stereocenters. The summed E-state index contributed by atoms with van der Waals surface area (Å²) in [6, 6.07) is 17.8. The van der Waals surface area contributed by atoms with E-state index in [1.807, 2.05) is 12.1 Å². The number of likely N-dealkylation sites (tertiary alicyclic amines) is 1. The van der Waals surface area contributed by atoms with Gasteiger partial charge in [-0.05, 0) is 79.5 Å². The molecule has 2 aliphatic rings. The largest absolute Gasteiger partial charge is 0.497 e. The molecule has 2 fully saturated rings. The molecule has 2 atom stereocenters. The van der Waals surface area contributed by atoms with Crippen molar-refractivity contribution in [2.75, 3.05) is 20.2 Å². The first-order chi connectivity index (χ1) is 12.2. The zero-order valence-electron chi connectivity index (χ0n) is 14.9. The lowest BCUT2D eigenvalue weighted by atomic mass is 9.74. The number of methoxy groups -OCH3 is 1. The average molecular weight is 356 g/mol. The molecule has 2 bridgehead atoms. The van der Waals surface area contributed by atoms with E-state index in [0.717, 1.165) is 29.8 Å². The van der Waals surface area contributed by atoms with Gasteiger partial charge in [0, 0.05) is 17.6 Å². The van der Waals surface area contributed by atoms with E-state index in [1.165, 1.54) is 43.4 Å². The Morgan fingerprint density at radius 3 is 2.56 bits per heavy atom. The minimum Gasteiger partial charge on any atom is -0.497 e. The SMILES string of the molecule is COc1ccc(C23CCC(C2)N(CCc2ccc(Cl)cc2)CC3)cc1. The van der Waals surface area contributed by atoms with Crippen molar-refractivity contribution >= 4 is 11.6 Å². The van der Waals surface area contributed by atoms with Crippen molar-refractivity contribution in [2.24, 2.45) is 0 Å². The van der Waals surface area contributed by atoms with E-state index in [-0.39, 0.29) is 0 Å². The van der Waals surface area contributed by atoms with E-state index >= 15 is 0 Å². The molecule has 1 saturated carbocycles. The Balaban J connectivity index is 1.40. The highest BCUT2D eigenvalue weighted by molar-refractivity contribution is 6.30. The molecule has 0 N–H and O–H groups in total. The van der Waals surface area contributed by atoms with Crippen molar-refractivity contribution in [1.29, 1.82) is 0 Å². The van der Waals surface area contributed by atoms with Gasteiger partial charge in [-0.25, -0.2) is 0 Å². The maximum Gasteiger partial charge on any atom is 0.118 e. The number of hydrogen-bond acceptors (Lipinski definition) is 2. The summed E-state index contributed by atoms with van der Waals surface area (Å²) in [5, 5.41) is 0.821. The molecule has 3 heteroatoms. The Hall–Kier alpha value is -1.51. The monoisotopic (exact) mass is 355 g/mol. The van der Waals surface area contributed by atoms with Crippen LogP contribution in [-0.2, 0) is 11.8 Å². The minimum absolute atomic E-state index is 0.397. The molecular formula is C22H26ClNO. The third-order valence-electron chi connectivity index (χ3n) is 6.28. The molecule has 0 radical (unpaired) electrons. The number of ether oxygens (including phenoxy) is 1. The van der Waals surface area contributed by atoms with Crippen molar-refractivity contribution in [3.05, 3.63) is 64.7 Å². The van der Waals surface area contributed by atoms with Crippen molar-refractivity contribution < 1.29 is 4.74 Å². The van der Waals surface area contributed by atoms with Crippen molar-refractivity contribution in [3.63, 3.8) is 0 Å². The molecule has 25 heavy (non-hydrogen) atoms. The fourth-order valence-corrected chi connectivity index (χ4v) is 4.87. The lowest BCUT2D eigenvalue weighted by Crippen LogP contribution is -2.43. The third-order valence-corrected chi connectivity index (χ3v) is 6.53. The molecule has 132 valence electrons. The maximum absolute atomic E-state index is 5.99. The van der Waals surface area contributed by atoms with Crippen LogP contribution in [0.3, 0.4) is 0 Å². The number of hydrogen-bond donors (Lipinski definition) is 0. The summed E-state index contributed by atoms with van der Waals surface area (Å²) >= 11 is 5.99. The summed E-state index contributed by atoms with van der Waals surface area (Å²) in [6.07, 6.45) is 6.34. The second kappa shape index (κ2) is 7.01. The number of benzene rings is 2. The Morgan fingerprint density at radius 2 is 1.84 bits per heavy atom. The third kappa shape index (κ3) is 3.43. The number of piperidine rings is 1. The van der Waals surface area contributed by atoms with E-state index in [0.29, 0.717) is 5.41 Å². The number of fused-ring (bicyclic) bond motifs is 2. The molecule has 0 aromatic heterocycles. The van der Waals surface area contributed by atoms with Crippen LogP contribution in [0.4, 0.5) is 0 Å². The Kier molecular flexibility index (Phi) is 4.75. The van der Waals surface area contributed by atoms with Gasteiger partial charge >= 0.3 is 0 Å². The molecule has 1 heterocycles. The summed E-state index contributed by atoms with van der Waals surface area (Å²) in [4.78, 5) is 2.71. The Bertz CT molecular complexity index is 712. The van der Waals surface area contributed by atoms with Gasteiger partial charge in [0.15, 0.2) is 0 Å². The van der Waals surface area contributed by atoms with E-state index in [4.69, 9.17) is 16.3 Å². The topological polar surface area (TPSA) is 12.5 Å². The van der Waals surface area contributed by atoms with Gasteiger partial charge in [-0.15, -0.1) is 0 Å². The molecule has 2 nitrogen and oxygen atoms in total. The summed E-state index contributed by atoms with van der Waals surface area (Å²) in [6.45, 7) is 2.37. The van der Waals surface area contributed by atoms with Gasteiger partial charge in [0.2, 0.25) is 0 Å². The summed E-state index contributed by atoms with van der Waals surface area (Å²) in [7, 11) is 1.73. The van der Waals surface area contributed by atoms with Crippen LogP contribution in [0.25, 0.3) is 0 Å². The van der Waals surface area contributed by atoms with Gasteiger partial charge in [-0.2, -0.15) is 0 Å². The molecule has 0 amide bonds. The van der Waals surface area contributed by atoms with Gasteiger partial charge in [0.05, 0.1) is 7.11 Å². The lowest BCUT2D eigenvalue weighted by Gasteiger charge is -2.40. The standard InChI is InChI=1S/C22H26ClNO/c1-25-21-8-4-18(5-9-21)22-12-10-20(16-22)24(15-13-22)14-11-17-2-6-19(23)7-3-17/h2-9,20H,10-16H2,1H3. The van der Waals surface area contributed by atoms with Crippen LogP contribution < -0.4 is 4.74 Å². The van der Waals surface area contributed by atoms with Gasteiger partial charge in [0.1, 0.15) is 5.75 Å². The molecule has 0 spiro atoms. The average Bonchev–Trinajstić information content (AvgIpc) is 3.01. The predicted molar refractivity (Wildman–Crippen MR) is 104 cm³/mol. The predicted octanol–water partition coefficient (Wildman–Crippen LogP) is 5.09. The smallest absolute Gasteiger partial charge is 0.118 e. The van der Waals surface area contributed by atoms with Gasteiger partial charge in [0.25, 0.3) is 0 Å². The second-order valence-electron chi connectivity index (χ2n) is 7.57. The first-order valence-corrected chi connectivity index (χ1v) is 9.69. The second-order valence-corrected chi connectivity index (χ2v) is 8.00. The molecule has 1 aliphatic carbocycles. The zero-order chi connectivity index (χ0) is 17.3. The number of halogens is 1. The molecule has 4 rings (SSSR count). The summed E-state index contributed by atoms with van der Waals surface area (Å²) in [5.74, 6) is 0.954. The van der Waals surface area contributed by atoms with Crippen molar-refractivity contribution in [3.8, 4) is 5.75 Å². The van der Waals surface area contributed by atoms with Crippen molar-refractivity contribution in [2.45, 2.75) is 43.6 Å². The zero-order valence-corrected chi connectivity index (χ0v) is 15.6. The quantitative estimate of drug-likeness (QED) is 0.740. The van der Waals surface area contributed by atoms with Crippen LogP contribution in [-0.4, -0.2) is 31.1 Å². The molecular weight excluding hydrogens is 330 g/mol. The van der Waals surface area contributed by atoms with Crippen LogP contribution >= 0.6 is 11.6 Å². The van der Waals surface area contributed by atoms with Crippen LogP contribution in [0.1, 0.15) is 36.8 Å². The highest BCUT2D eigenvalue weighted by Crippen LogP contribution is 2.49. The number of rotatable bonds is 5. The molecule has 2 aromatic carbocycles. The van der Waals surface area contributed by atoms with E-state index in [1.54, 1.807) is 7.11 Å². The van der Waals surface area contributed by atoms with Crippen LogP contribution in [0.2, 0.25) is 5.02 Å². The highest BCUT2D eigenvalue weighted by Gasteiger charge is 2.45. The fraction of sp³-hybridized carbons (Fsp3) is 0.455. The summed E-state index contributed by atoms with van der Waals surface area (Å²) in [5.41, 5.74) is 3.29. The molecule has 1 aliphatic heterocycles. The maximum atomic E-state index is 5.99. The first kappa shape index (κ1) is 16.9. The van der Waals surface area contributed by atoms with Gasteiger partial charge in [-0.3, -0.25) is 4.90 Å². The summed E-state index contributed by atoms with van der Waals surface area (Å²) < 4.78 is 5.32. The Labute approximate surface area is 155 Å². The molecule has 2 aromatic rings. The van der Waals surface area contributed by atoms with Gasteiger partial charge in [-0.1, -0.05) is 35.9 Å². The van der Waals surface area contributed by atoms with Gasteiger partial charge < -0.3 is 4.74 Å². The fourth-order valence-electron chi connectivity index (χ4n) is 4.75. The normalized spacial score (nSPS) is 25.9. The van der Waals surface area contributed by atoms with Crippen LogP contribution in [0.15, 0.2) is 48.5 Å². The van der Waals surface area contributed by atoms with Crippen LogP contribution in [0, 0.1) is 0 Å².